The molecule has 338 valence electrons. The van der Waals surface area contributed by atoms with Gasteiger partial charge >= 0.3 is 0 Å². The Balaban J connectivity index is 1.44. The SMILES string of the molecule is CC(C)(C)c1cc(NC(=O)c2cccc(C(=O)Nc3cc(C(C)(C)C)cc(NC(=O)[C@H](N)Cc4ccccc4)c3SCCN)c2)c(SCCN)c(NC(=O)[C@H](N)Cc2ccccc2)c1. The minimum Gasteiger partial charge on any atom is -0.330 e. The van der Waals surface area contributed by atoms with Crippen LogP contribution in [0.1, 0.15) is 84.5 Å². The maximum Gasteiger partial charge on any atom is 0.255 e. The van der Waals surface area contributed by atoms with Gasteiger partial charge in [0.25, 0.3) is 11.8 Å². The van der Waals surface area contributed by atoms with Crippen molar-refractivity contribution in [3.63, 3.8) is 0 Å². The van der Waals surface area contributed by atoms with Gasteiger partial charge in [0.2, 0.25) is 11.8 Å². The fourth-order valence-electron chi connectivity index (χ4n) is 6.69. The van der Waals surface area contributed by atoms with Gasteiger partial charge in [-0.3, -0.25) is 19.2 Å². The molecule has 4 amide bonds. The molecule has 5 aromatic rings. The van der Waals surface area contributed by atoms with E-state index in [9.17, 15) is 19.2 Å². The Morgan fingerprint density at radius 3 is 1.17 bits per heavy atom. The summed E-state index contributed by atoms with van der Waals surface area (Å²) < 4.78 is 0. The first-order chi connectivity index (χ1) is 30.4. The van der Waals surface area contributed by atoms with E-state index in [4.69, 9.17) is 22.9 Å². The first kappa shape index (κ1) is 49.5. The molecule has 0 aromatic heterocycles. The smallest absolute Gasteiger partial charge is 0.255 e. The molecule has 0 bridgehead atoms. The number of carbonyl (C=O) groups is 4. The summed E-state index contributed by atoms with van der Waals surface area (Å²) in [6.07, 6.45) is 0.698. The summed E-state index contributed by atoms with van der Waals surface area (Å²) in [6, 6.07) is 31.6. The lowest BCUT2D eigenvalue weighted by Crippen LogP contribution is -2.37. The van der Waals surface area contributed by atoms with Gasteiger partial charge in [0, 0.05) is 35.7 Å². The summed E-state index contributed by atoms with van der Waals surface area (Å²) in [6.45, 7) is 13.0. The molecule has 5 aromatic carbocycles. The molecule has 14 heteroatoms. The molecule has 0 aliphatic heterocycles. The van der Waals surface area contributed by atoms with Crippen molar-refractivity contribution in [1.29, 1.82) is 0 Å². The number of nitrogens with one attached hydrogen (secondary N) is 4. The van der Waals surface area contributed by atoms with Crippen molar-refractivity contribution in [3.8, 4) is 0 Å². The van der Waals surface area contributed by atoms with Crippen LogP contribution in [0.25, 0.3) is 0 Å². The van der Waals surface area contributed by atoms with Crippen molar-refractivity contribution in [3.05, 3.63) is 143 Å². The zero-order valence-electron chi connectivity index (χ0n) is 37.5. The van der Waals surface area contributed by atoms with Crippen LogP contribution in [0, 0.1) is 0 Å². The molecule has 0 spiro atoms. The summed E-state index contributed by atoms with van der Waals surface area (Å²) in [5.41, 5.74) is 30.1. The van der Waals surface area contributed by atoms with E-state index in [1.54, 1.807) is 18.2 Å². The van der Waals surface area contributed by atoms with E-state index in [1.165, 1.54) is 29.6 Å². The minimum atomic E-state index is -0.820. The Hall–Kier alpha value is -5.48. The molecule has 2 atom stereocenters. The first-order valence-electron chi connectivity index (χ1n) is 21.3. The van der Waals surface area contributed by atoms with Crippen LogP contribution in [-0.4, -0.2) is 60.3 Å². The molecule has 0 radical (unpaired) electrons. The number of nitrogens with two attached hydrogens (primary N) is 4. The highest BCUT2D eigenvalue weighted by Gasteiger charge is 2.26. The summed E-state index contributed by atoms with van der Waals surface area (Å²) in [7, 11) is 0. The third kappa shape index (κ3) is 13.8. The number of rotatable bonds is 18. The van der Waals surface area contributed by atoms with Gasteiger partial charge in [-0.15, -0.1) is 23.5 Å². The van der Waals surface area contributed by atoms with Crippen LogP contribution < -0.4 is 44.2 Å². The molecule has 0 aliphatic rings. The Morgan fingerprint density at radius 2 is 0.844 bits per heavy atom. The zero-order chi connectivity index (χ0) is 46.6. The number of amides is 4. The second-order valence-corrected chi connectivity index (χ2v) is 19.8. The Bertz CT molecular complexity index is 2250. The van der Waals surface area contributed by atoms with Gasteiger partial charge < -0.3 is 44.2 Å². The van der Waals surface area contributed by atoms with E-state index in [2.05, 4.69) is 21.3 Å². The number of hydrogen-bond acceptors (Lipinski definition) is 10. The lowest BCUT2D eigenvalue weighted by Gasteiger charge is -2.25. The summed E-state index contributed by atoms with van der Waals surface area (Å²) in [5.74, 6) is -0.614. The number of anilines is 4. The standard InChI is InChI=1S/C50H62N8O4S2/c1-49(2,3)35-27-39(43(63-22-20-51)41(29-35)57-47(61)37(53)24-31-14-9-7-10-15-31)55-45(59)33-18-13-19-34(26-33)46(60)56-40-28-36(50(4,5)6)30-42(44(40)64-23-21-52)58-48(62)38(54)25-32-16-11-8-12-17-32/h7-19,26-30,37-38H,20-25,51-54H2,1-6H3,(H,55,59)(H,56,60)(H,57,61)(H,58,62)/t37-,38-/m1/s1. The van der Waals surface area contributed by atoms with Crippen LogP contribution in [0.2, 0.25) is 0 Å². The van der Waals surface area contributed by atoms with Crippen LogP contribution in [-0.2, 0) is 33.3 Å². The highest BCUT2D eigenvalue weighted by Crippen LogP contribution is 2.41. The Morgan fingerprint density at radius 1 is 0.500 bits per heavy atom. The maximum atomic E-state index is 14.2. The minimum absolute atomic E-state index is 0.237. The normalized spacial score (nSPS) is 12.5. The lowest BCUT2D eigenvalue weighted by atomic mass is 9.86. The van der Waals surface area contributed by atoms with Crippen molar-refractivity contribution in [2.45, 2.75) is 87.1 Å². The second-order valence-electron chi connectivity index (χ2n) is 17.6. The van der Waals surface area contributed by atoms with Crippen LogP contribution in [0.3, 0.4) is 0 Å². The van der Waals surface area contributed by atoms with Crippen molar-refractivity contribution in [2.24, 2.45) is 22.9 Å². The highest BCUT2D eigenvalue weighted by molar-refractivity contribution is 7.99. The fraction of sp³-hybridized carbons (Fsp3) is 0.320. The van der Waals surface area contributed by atoms with Gasteiger partial charge in [0.05, 0.1) is 44.6 Å². The molecule has 0 fully saturated rings. The molecule has 12 nitrogen and oxygen atoms in total. The molecule has 5 rings (SSSR count). The topological polar surface area (TPSA) is 220 Å². The van der Waals surface area contributed by atoms with E-state index in [0.29, 0.717) is 70.0 Å². The number of hydrogen-bond donors (Lipinski definition) is 8. The Kier molecular flexibility index (Phi) is 17.4. The zero-order valence-corrected chi connectivity index (χ0v) is 39.2. The largest absolute Gasteiger partial charge is 0.330 e. The summed E-state index contributed by atoms with van der Waals surface area (Å²) in [4.78, 5) is 56.7. The molecule has 0 unspecified atom stereocenters. The van der Waals surface area contributed by atoms with Crippen molar-refractivity contribution >= 4 is 69.9 Å². The molecule has 12 N–H and O–H groups in total. The molecule has 0 heterocycles. The van der Waals surface area contributed by atoms with Gasteiger partial charge in [-0.25, -0.2) is 0 Å². The van der Waals surface area contributed by atoms with Crippen LogP contribution in [0.4, 0.5) is 22.7 Å². The average Bonchev–Trinajstić information content (AvgIpc) is 3.25. The van der Waals surface area contributed by atoms with E-state index in [-0.39, 0.29) is 33.8 Å². The van der Waals surface area contributed by atoms with Gasteiger partial charge in [0.1, 0.15) is 0 Å². The second kappa shape index (κ2) is 22.4. The molecular weight excluding hydrogens is 841 g/mol. The molecule has 64 heavy (non-hydrogen) atoms. The van der Waals surface area contributed by atoms with Crippen LogP contribution in [0.5, 0.6) is 0 Å². The fourth-order valence-corrected chi connectivity index (χ4v) is 8.40. The van der Waals surface area contributed by atoms with Gasteiger partial charge in [-0.2, -0.15) is 0 Å². The van der Waals surface area contributed by atoms with Gasteiger partial charge in [-0.1, -0.05) is 108 Å². The van der Waals surface area contributed by atoms with E-state index >= 15 is 0 Å². The first-order valence-corrected chi connectivity index (χ1v) is 23.3. The highest BCUT2D eigenvalue weighted by atomic mass is 32.2. The van der Waals surface area contributed by atoms with Crippen molar-refractivity contribution in [2.75, 3.05) is 45.9 Å². The van der Waals surface area contributed by atoms with E-state index < -0.39 is 23.9 Å². The molecule has 0 aliphatic carbocycles. The van der Waals surface area contributed by atoms with Crippen LogP contribution in [0.15, 0.2) is 119 Å². The van der Waals surface area contributed by atoms with Crippen molar-refractivity contribution in [1.82, 2.24) is 0 Å². The van der Waals surface area contributed by atoms with E-state index in [1.807, 2.05) is 126 Å². The van der Waals surface area contributed by atoms with Gasteiger partial charge in [0.15, 0.2) is 0 Å². The third-order valence-corrected chi connectivity index (χ3v) is 12.6. The summed E-state index contributed by atoms with van der Waals surface area (Å²) >= 11 is 2.82. The summed E-state index contributed by atoms with van der Waals surface area (Å²) in [5, 5.41) is 12.2. The number of carbonyl (C=O) groups excluding carboxylic acids is 4. The Labute approximate surface area is 385 Å². The van der Waals surface area contributed by atoms with Crippen LogP contribution >= 0.6 is 23.5 Å². The van der Waals surface area contributed by atoms with Gasteiger partial charge in [-0.05, 0) is 88.4 Å². The number of thioether (sulfide) groups is 2. The molecule has 0 saturated carbocycles. The average molecular weight is 903 g/mol. The molecule has 0 saturated heterocycles. The maximum absolute atomic E-state index is 14.2. The quantitative estimate of drug-likeness (QED) is 0.0397. The monoisotopic (exact) mass is 902 g/mol. The molecular formula is C50H62N8O4S2. The third-order valence-electron chi connectivity index (χ3n) is 10.3. The predicted molar refractivity (Wildman–Crippen MR) is 266 cm³/mol. The van der Waals surface area contributed by atoms with E-state index in [0.717, 1.165) is 22.3 Å². The number of benzene rings is 5. The van der Waals surface area contributed by atoms with Crippen molar-refractivity contribution < 1.29 is 19.2 Å². The predicted octanol–water partition coefficient (Wildman–Crippen LogP) is 7.90. The lowest BCUT2D eigenvalue weighted by molar-refractivity contribution is -0.118.